The van der Waals surface area contributed by atoms with Gasteiger partial charge in [-0.1, -0.05) is 12.1 Å². The monoisotopic (exact) mass is 381 g/mol. The molecule has 0 heterocycles. The van der Waals surface area contributed by atoms with Crippen LogP contribution >= 0.6 is 15.9 Å². The molecule has 0 aliphatic carbocycles. The minimum atomic E-state index is -0.443. The van der Waals surface area contributed by atoms with Crippen molar-refractivity contribution in [3.63, 3.8) is 0 Å². The Labute approximate surface area is 141 Å². The highest BCUT2D eigenvalue weighted by atomic mass is 79.9. The average Bonchev–Trinajstić information content (AvgIpc) is 2.54. The van der Waals surface area contributed by atoms with E-state index in [0.29, 0.717) is 33.7 Å². The van der Waals surface area contributed by atoms with E-state index in [1.165, 1.54) is 12.1 Å². The molecule has 0 atom stereocenters. The molecule has 2 aromatic rings. The summed E-state index contributed by atoms with van der Waals surface area (Å²) in [4.78, 5) is 10.4. The molecule has 0 fully saturated rings. The van der Waals surface area contributed by atoms with Crippen molar-refractivity contribution in [2.24, 2.45) is 0 Å². The lowest BCUT2D eigenvalue weighted by Crippen LogP contribution is -2.02. The number of hydrogen-bond donors (Lipinski definition) is 1. The zero-order valence-electron chi connectivity index (χ0n) is 12.5. The number of non-ortho nitro benzene ring substituents is 1. The summed E-state index contributed by atoms with van der Waals surface area (Å²) in [7, 11) is 0. The van der Waals surface area contributed by atoms with Gasteiger partial charge < -0.3 is 14.6 Å². The molecule has 6 nitrogen and oxygen atoms in total. The number of nitrogens with zero attached hydrogens (tertiary/aromatic N) is 1. The van der Waals surface area contributed by atoms with E-state index in [2.05, 4.69) is 15.9 Å². The van der Waals surface area contributed by atoms with Crippen molar-refractivity contribution < 1.29 is 19.5 Å². The van der Waals surface area contributed by atoms with Crippen molar-refractivity contribution >= 4 is 21.6 Å². The second-order valence-electron chi connectivity index (χ2n) is 4.71. The van der Waals surface area contributed by atoms with Gasteiger partial charge >= 0.3 is 0 Å². The van der Waals surface area contributed by atoms with Crippen LogP contribution in [-0.2, 0) is 13.2 Å². The smallest absolute Gasteiger partial charge is 0.269 e. The molecule has 23 heavy (non-hydrogen) atoms. The van der Waals surface area contributed by atoms with E-state index in [4.69, 9.17) is 9.47 Å². The molecule has 0 amide bonds. The molecule has 0 aromatic heterocycles. The third-order valence-corrected chi connectivity index (χ3v) is 3.65. The van der Waals surface area contributed by atoms with Crippen molar-refractivity contribution in [3.05, 3.63) is 62.1 Å². The van der Waals surface area contributed by atoms with Gasteiger partial charge in [-0.3, -0.25) is 10.1 Å². The van der Waals surface area contributed by atoms with Gasteiger partial charge in [0.2, 0.25) is 0 Å². The molecule has 0 unspecified atom stereocenters. The highest BCUT2D eigenvalue weighted by molar-refractivity contribution is 9.10. The standard InChI is InChI=1S/C16H16BrNO5/c1-2-22-15-8-12(9-19)7-14(17)16(15)23-10-11-4-3-5-13(6-11)18(20)21/h3-8,19H,2,9-10H2,1H3. The van der Waals surface area contributed by atoms with Gasteiger partial charge in [0.25, 0.3) is 5.69 Å². The molecule has 0 aliphatic rings. The molecule has 0 aliphatic heterocycles. The molecule has 7 heteroatoms. The highest BCUT2D eigenvalue weighted by Gasteiger charge is 2.13. The lowest BCUT2D eigenvalue weighted by Gasteiger charge is -2.15. The summed E-state index contributed by atoms with van der Waals surface area (Å²) in [5.74, 6) is 1.01. The van der Waals surface area contributed by atoms with Crippen LogP contribution in [0.5, 0.6) is 11.5 Å². The second-order valence-corrected chi connectivity index (χ2v) is 5.57. The zero-order chi connectivity index (χ0) is 16.8. The first kappa shape index (κ1) is 17.2. The third-order valence-electron chi connectivity index (χ3n) is 3.06. The Hall–Kier alpha value is -2.12. The predicted octanol–water partition coefficient (Wildman–Crippen LogP) is 3.83. The summed E-state index contributed by atoms with van der Waals surface area (Å²) in [5.41, 5.74) is 1.40. The molecule has 2 rings (SSSR count). The minimum absolute atomic E-state index is 0.0193. The molecule has 122 valence electrons. The summed E-state index contributed by atoms with van der Waals surface area (Å²) in [5, 5.41) is 20.1. The van der Waals surface area contributed by atoms with Crippen molar-refractivity contribution in [1.29, 1.82) is 0 Å². The maximum Gasteiger partial charge on any atom is 0.269 e. The molecular formula is C16H16BrNO5. The van der Waals surface area contributed by atoms with E-state index in [0.717, 1.165) is 0 Å². The minimum Gasteiger partial charge on any atom is -0.490 e. The van der Waals surface area contributed by atoms with Gasteiger partial charge in [-0.25, -0.2) is 0 Å². The fraction of sp³-hybridized carbons (Fsp3) is 0.250. The van der Waals surface area contributed by atoms with Crippen LogP contribution in [0.3, 0.4) is 0 Å². The van der Waals surface area contributed by atoms with Crippen molar-refractivity contribution in [2.45, 2.75) is 20.1 Å². The molecule has 0 saturated heterocycles. The Kier molecular flexibility index (Phi) is 5.95. The van der Waals surface area contributed by atoms with Crippen LogP contribution in [0.25, 0.3) is 0 Å². The quantitative estimate of drug-likeness (QED) is 0.582. The molecule has 0 bridgehead atoms. The summed E-state index contributed by atoms with van der Waals surface area (Å²) < 4.78 is 12.0. The van der Waals surface area contributed by atoms with Crippen LogP contribution in [0.4, 0.5) is 5.69 Å². The van der Waals surface area contributed by atoms with Crippen molar-refractivity contribution in [1.82, 2.24) is 0 Å². The van der Waals surface area contributed by atoms with Gasteiger partial charge in [0.05, 0.1) is 22.6 Å². The number of halogens is 1. The lowest BCUT2D eigenvalue weighted by molar-refractivity contribution is -0.384. The van der Waals surface area contributed by atoms with Crippen molar-refractivity contribution in [2.75, 3.05) is 6.61 Å². The molecule has 0 saturated carbocycles. The van der Waals surface area contributed by atoms with Gasteiger partial charge in [0.1, 0.15) is 6.61 Å². The topological polar surface area (TPSA) is 81.8 Å². The van der Waals surface area contributed by atoms with Gasteiger partial charge in [0, 0.05) is 12.1 Å². The Morgan fingerprint density at radius 2 is 2.00 bits per heavy atom. The normalized spacial score (nSPS) is 10.4. The first-order chi connectivity index (χ1) is 11.0. The Bertz CT molecular complexity index is 705. The maximum atomic E-state index is 10.8. The summed E-state index contributed by atoms with van der Waals surface area (Å²) >= 11 is 3.40. The van der Waals surface area contributed by atoms with Crippen LogP contribution < -0.4 is 9.47 Å². The number of benzene rings is 2. The van der Waals surface area contributed by atoms with Crippen LogP contribution in [0.2, 0.25) is 0 Å². The van der Waals surface area contributed by atoms with E-state index >= 15 is 0 Å². The van der Waals surface area contributed by atoms with Gasteiger partial charge in [-0.2, -0.15) is 0 Å². The number of ether oxygens (including phenoxy) is 2. The van der Waals surface area contributed by atoms with E-state index in [1.807, 2.05) is 6.92 Å². The average molecular weight is 382 g/mol. The van der Waals surface area contributed by atoms with E-state index in [9.17, 15) is 15.2 Å². The Morgan fingerprint density at radius 3 is 2.65 bits per heavy atom. The Morgan fingerprint density at radius 1 is 1.22 bits per heavy atom. The van der Waals surface area contributed by atoms with Crippen LogP contribution in [0, 0.1) is 10.1 Å². The predicted molar refractivity (Wildman–Crippen MR) is 88.7 cm³/mol. The zero-order valence-corrected chi connectivity index (χ0v) is 14.1. The van der Waals surface area contributed by atoms with Crippen LogP contribution in [0.15, 0.2) is 40.9 Å². The van der Waals surface area contributed by atoms with E-state index < -0.39 is 4.92 Å². The van der Waals surface area contributed by atoms with Gasteiger partial charge in [0.15, 0.2) is 11.5 Å². The third kappa shape index (κ3) is 4.43. The van der Waals surface area contributed by atoms with Crippen LogP contribution in [-0.4, -0.2) is 16.6 Å². The first-order valence-corrected chi connectivity index (χ1v) is 7.76. The number of nitro groups is 1. The van der Waals surface area contributed by atoms with E-state index in [1.54, 1.807) is 24.3 Å². The number of aliphatic hydroxyl groups excluding tert-OH is 1. The lowest BCUT2D eigenvalue weighted by atomic mass is 10.2. The van der Waals surface area contributed by atoms with Crippen molar-refractivity contribution in [3.8, 4) is 11.5 Å². The number of rotatable bonds is 7. The number of aliphatic hydroxyl groups is 1. The summed E-state index contributed by atoms with van der Waals surface area (Å²) in [6.07, 6.45) is 0. The fourth-order valence-corrected chi connectivity index (χ4v) is 2.63. The fourth-order valence-electron chi connectivity index (χ4n) is 2.03. The Balaban J connectivity index is 2.22. The number of hydrogen-bond acceptors (Lipinski definition) is 5. The number of nitro benzene ring substituents is 1. The molecule has 0 spiro atoms. The SMILES string of the molecule is CCOc1cc(CO)cc(Br)c1OCc1cccc([N+](=O)[O-])c1. The highest BCUT2D eigenvalue weighted by Crippen LogP contribution is 2.37. The van der Waals surface area contributed by atoms with Gasteiger partial charge in [-0.15, -0.1) is 0 Å². The summed E-state index contributed by atoms with van der Waals surface area (Å²) in [6, 6.07) is 9.72. The molecule has 2 aromatic carbocycles. The molecular weight excluding hydrogens is 366 g/mol. The molecule has 0 radical (unpaired) electrons. The maximum absolute atomic E-state index is 10.8. The summed E-state index contributed by atoms with van der Waals surface area (Å²) in [6.45, 7) is 2.36. The first-order valence-electron chi connectivity index (χ1n) is 6.97. The molecule has 1 N–H and O–H groups in total. The largest absolute Gasteiger partial charge is 0.490 e. The van der Waals surface area contributed by atoms with E-state index in [-0.39, 0.29) is 18.9 Å². The van der Waals surface area contributed by atoms with Crippen LogP contribution in [0.1, 0.15) is 18.1 Å². The van der Waals surface area contributed by atoms with Gasteiger partial charge in [-0.05, 0) is 46.1 Å². The second kappa shape index (κ2) is 7.94.